The van der Waals surface area contributed by atoms with Crippen LogP contribution in [0.3, 0.4) is 0 Å². The average molecular weight is 229 g/mol. The van der Waals surface area contributed by atoms with Gasteiger partial charge in [0.05, 0.1) is 6.61 Å². The van der Waals surface area contributed by atoms with E-state index >= 15 is 0 Å². The summed E-state index contributed by atoms with van der Waals surface area (Å²) >= 11 is 0. The third kappa shape index (κ3) is 3.68. The molecule has 0 unspecified atom stereocenters. The summed E-state index contributed by atoms with van der Waals surface area (Å²) < 4.78 is 31.1. The summed E-state index contributed by atoms with van der Waals surface area (Å²) in [4.78, 5) is 0. The first-order valence-corrected chi connectivity index (χ1v) is 5.52. The number of rotatable bonds is 6. The zero-order valence-corrected chi connectivity index (χ0v) is 9.43. The van der Waals surface area contributed by atoms with Crippen LogP contribution in [0.5, 0.6) is 5.75 Å². The number of hydrogen-bond acceptors (Lipinski definition) is 2. The van der Waals surface area contributed by atoms with Gasteiger partial charge in [-0.25, -0.2) is 8.78 Å². The van der Waals surface area contributed by atoms with Crippen molar-refractivity contribution in [3.8, 4) is 5.75 Å². The van der Waals surface area contributed by atoms with Crippen molar-refractivity contribution < 1.29 is 13.5 Å². The summed E-state index contributed by atoms with van der Waals surface area (Å²) in [6.07, 6.45) is 4.19. The van der Waals surface area contributed by atoms with Crippen molar-refractivity contribution in [3.05, 3.63) is 23.8 Å². The second-order valence-electron chi connectivity index (χ2n) is 3.71. The second-order valence-corrected chi connectivity index (χ2v) is 3.71. The van der Waals surface area contributed by atoms with E-state index in [9.17, 15) is 8.78 Å². The topological polar surface area (TPSA) is 35.2 Å². The van der Waals surface area contributed by atoms with Crippen molar-refractivity contribution >= 4 is 5.69 Å². The summed E-state index contributed by atoms with van der Waals surface area (Å²) in [5, 5.41) is 0. The highest BCUT2D eigenvalue weighted by Crippen LogP contribution is 2.25. The highest BCUT2D eigenvalue weighted by Gasteiger charge is 2.08. The molecule has 2 N–H and O–H groups in total. The first-order valence-electron chi connectivity index (χ1n) is 5.52. The molecule has 0 aliphatic carbocycles. The van der Waals surface area contributed by atoms with Crippen LogP contribution in [0.2, 0.25) is 0 Å². The Morgan fingerprint density at radius 2 is 1.94 bits per heavy atom. The van der Waals surface area contributed by atoms with Gasteiger partial charge in [0.1, 0.15) is 17.3 Å². The number of anilines is 1. The minimum absolute atomic E-state index is 0.0917. The quantitative estimate of drug-likeness (QED) is 0.598. The molecule has 0 radical (unpaired) electrons. The Morgan fingerprint density at radius 1 is 1.19 bits per heavy atom. The predicted molar refractivity (Wildman–Crippen MR) is 60.4 cm³/mol. The van der Waals surface area contributed by atoms with E-state index in [4.69, 9.17) is 10.5 Å². The summed E-state index contributed by atoms with van der Waals surface area (Å²) in [6.45, 7) is 2.55. The maximum absolute atomic E-state index is 13.0. The Bertz CT molecular complexity index is 342. The molecule has 2 nitrogen and oxygen atoms in total. The molecule has 1 aromatic carbocycles. The van der Waals surface area contributed by atoms with Gasteiger partial charge in [-0.1, -0.05) is 26.2 Å². The molecule has 0 heterocycles. The van der Waals surface area contributed by atoms with Gasteiger partial charge in [0.2, 0.25) is 0 Å². The Labute approximate surface area is 94.4 Å². The van der Waals surface area contributed by atoms with E-state index in [1.807, 2.05) is 0 Å². The minimum Gasteiger partial charge on any atom is -0.491 e. The predicted octanol–water partition coefficient (Wildman–Crippen LogP) is 3.51. The van der Waals surface area contributed by atoms with Crippen molar-refractivity contribution in [2.24, 2.45) is 0 Å². The van der Waals surface area contributed by atoms with Crippen molar-refractivity contribution in [1.82, 2.24) is 0 Å². The third-order valence-electron chi connectivity index (χ3n) is 2.31. The van der Waals surface area contributed by atoms with E-state index in [0.29, 0.717) is 6.61 Å². The molecule has 0 aliphatic rings. The molecule has 0 aromatic heterocycles. The first-order chi connectivity index (χ1) is 7.65. The molecular formula is C12H17F2NO. The van der Waals surface area contributed by atoms with E-state index in [1.54, 1.807) is 0 Å². The Morgan fingerprint density at radius 3 is 2.62 bits per heavy atom. The van der Waals surface area contributed by atoms with E-state index in [1.165, 1.54) is 0 Å². The average Bonchev–Trinajstić information content (AvgIpc) is 2.24. The molecule has 0 saturated carbocycles. The number of benzene rings is 1. The van der Waals surface area contributed by atoms with Crippen LogP contribution >= 0.6 is 0 Å². The van der Waals surface area contributed by atoms with Gasteiger partial charge in [-0.3, -0.25) is 0 Å². The lowest BCUT2D eigenvalue weighted by Crippen LogP contribution is -2.02. The van der Waals surface area contributed by atoms with Gasteiger partial charge >= 0.3 is 0 Å². The number of ether oxygens (including phenoxy) is 1. The number of unbranched alkanes of at least 4 members (excludes halogenated alkanes) is 3. The molecule has 0 saturated heterocycles. The number of halogens is 2. The number of hydrogen-bond donors (Lipinski definition) is 1. The Hall–Kier alpha value is -1.32. The molecular weight excluding hydrogens is 212 g/mol. The van der Waals surface area contributed by atoms with Crippen LogP contribution in [0.1, 0.15) is 32.6 Å². The van der Waals surface area contributed by atoms with Crippen molar-refractivity contribution in [2.45, 2.75) is 32.6 Å². The fourth-order valence-electron chi connectivity index (χ4n) is 1.39. The maximum Gasteiger partial charge on any atom is 0.152 e. The second kappa shape index (κ2) is 6.30. The normalized spacial score (nSPS) is 10.4. The van der Waals surface area contributed by atoms with Gasteiger partial charge in [0.15, 0.2) is 5.82 Å². The number of nitrogens with two attached hydrogens (primary N) is 1. The fourth-order valence-corrected chi connectivity index (χ4v) is 1.39. The van der Waals surface area contributed by atoms with Gasteiger partial charge in [-0.15, -0.1) is 0 Å². The smallest absolute Gasteiger partial charge is 0.152 e. The Kier molecular flexibility index (Phi) is 5.02. The van der Waals surface area contributed by atoms with Crippen LogP contribution in [0.4, 0.5) is 14.5 Å². The molecule has 4 heteroatoms. The zero-order chi connectivity index (χ0) is 12.0. The first kappa shape index (κ1) is 12.7. The summed E-state index contributed by atoms with van der Waals surface area (Å²) in [6, 6.07) is 1.86. The van der Waals surface area contributed by atoms with Crippen molar-refractivity contribution in [3.63, 3.8) is 0 Å². The maximum atomic E-state index is 13.0. The Balaban J connectivity index is 2.47. The molecule has 0 amide bonds. The third-order valence-corrected chi connectivity index (χ3v) is 2.31. The van der Waals surface area contributed by atoms with Gasteiger partial charge in [-0.2, -0.15) is 0 Å². The van der Waals surface area contributed by atoms with E-state index in [-0.39, 0.29) is 11.4 Å². The molecule has 0 fully saturated rings. The molecule has 1 rings (SSSR count). The van der Waals surface area contributed by atoms with Gasteiger partial charge < -0.3 is 10.5 Å². The highest BCUT2D eigenvalue weighted by atomic mass is 19.1. The van der Waals surface area contributed by atoms with Crippen LogP contribution in [-0.4, -0.2) is 6.61 Å². The lowest BCUT2D eigenvalue weighted by Gasteiger charge is -2.09. The van der Waals surface area contributed by atoms with Gasteiger partial charge in [0.25, 0.3) is 0 Å². The fraction of sp³-hybridized carbons (Fsp3) is 0.500. The lowest BCUT2D eigenvalue weighted by atomic mass is 10.2. The van der Waals surface area contributed by atoms with Crippen molar-refractivity contribution in [1.29, 1.82) is 0 Å². The lowest BCUT2D eigenvalue weighted by molar-refractivity contribution is 0.304. The van der Waals surface area contributed by atoms with Crippen LogP contribution in [0.25, 0.3) is 0 Å². The largest absolute Gasteiger partial charge is 0.491 e. The molecule has 0 bridgehead atoms. The van der Waals surface area contributed by atoms with Gasteiger partial charge in [0, 0.05) is 12.1 Å². The molecule has 1 aromatic rings. The molecule has 0 aliphatic heterocycles. The van der Waals surface area contributed by atoms with Crippen LogP contribution in [0, 0.1) is 11.6 Å². The highest BCUT2D eigenvalue weighted by molar-refractivity contribution is 5.53. The molecule has 90 valence electrons. The van der Waals surface area contributed by atoms with E-state index in [0.717, 1.165) is 37.8 Å². The zero-order valence-electron chi connectivity index (χ0n) is 9.43. The van der Waals surface area contributed by atoms with Crippen LogP contribution < -0.4 is 10.5 Å². The van der Waals surface area contributed by atoms with Gasteiger partial charge in [-0.05, 0) is 6.42 Å². The summed E-state index contributed by atoms with van der Waals surface area (Å²) in [5.74, 6) is -1.35. The van der Waals surface area contributed by atoms with Crippen LogP contribution in [0.15, 0.2) is 12.1 Å². The molecule has 0 atom stereocenters. The SMILES string of the molecule is CCCCCCOc1cc(F)cc(F)c1N. The molecule has 16 heavy (non-hydrogen) atoms. The van der Waals surface area contributed by atoms with E-state index < -0.39 is 11.6 Å². The van der Waals surface area contributed by atoms with Crippen molar-refractivity contribution in [2.75, 3.05) is 12.3 Å². The monoisotopic (exact) mass is 229 g/mol. The number of nitrogen functional groups attached to an aromatic ring is 1. The summed E-state index contributed by atoms with van der Waals surface area (Å²) in [5.41, 5.74) is 5.30. The van der Waals surface area contributed by atoms with Crippen LogP contribution in [-0.2, 0) is 0 Å². The summed E-state index contributed by atoms with van der Waals surface area (Å²) in [7, 11) is 0. The van der Waals surface area contributed by atoms with E-state index in [2.05, 4.69) is 6.92 Å². The standard InChI is InChI=1S/C12H17F2NO/c1-2-3-4-5-6-16-11-8-9(13)7-10(14)12(11)15/h7-8H,2-6,15H2,1H3. The molecule has 0 spiro atoms. The minimum atomic E-state index is -0.774.